The third-order valence-corrected chi connectivity index (χ3v) is 4.08. The predicted molar refractivity (Wildman–Crippen MR) is 85.4 cm³/mol. The first kappa shape index (κ1) is 14.8. The maximum atomic E-state index is 11.8. The van der Waals surface area contributed by atoms with E-state index in [0.717, 1.165) is 4.90 Å². The number of halogens is 1. The van der Waals surface area contributed by atoms with Gasteiger partial charge in [0.1, 0.15) is 0 Å². The van der Waals surface area contributed by atoms with Crippen LogP contribution in [0.2, 0.25) is 5.02 Å². The molecule has 0 heterocycles. The normalized spacial score (nSPS) is 10.2. The van der Waals surface area contributed by atoms with E-state index in [1.54, 1.807) is 24.3 Å². The van der Waals surface area contributed by atoms with Gasteiger partial charge in [0, 0.05) is 15.6 Å². The lowest BCUT2D eigenvalue weighted by atomic mass is 10.1. The molecule has 0 fully saturated rings. The first-order valence-electron chi connectivity index (χ1n) is 6.12. The highest BCUT2D eigenvalue weighted by atomic mass is 35.5. The smallest absolute Gasteiger partial charge is 0.307 e. The zero-order valence-corrected chi connectivity index (χ0v) is 12.8. The Morgan fingerprint density at radius 2 is 1.90 bits per heavy atom. The highest BCUT2D eigenvalue weighted by molar-refractivity contribution is 7.98. The highest BCUT2D eigenvalue weighted by Crippen LogP contribution is 2.22. The van der Waals surface area contributed by atoms with Crippen LogP contribution in [0, 0.1) is 13.8 Å². The minimum atomic E-state index is -0.279. The van der Waals surface area contributed by atoms with Crippen LogP contribution in [0.15, 0.2) is 47.4 Å². The van der Waals surface area contributed by atoms with Gasteiger partial charge in [0.05, 0.1) is 0 Å². The van der Waals surface area contributed by atoms with Gasteiger partial charge in [-0.1, -0.05) is 29.8 Å². The average molecular weight is 307 g/mol. The van der Waals surface area contributed by atoms with Crippen LogP contribution in [0.25, 0.3) is 0 Å². The van der Waals surface area contributed by atoms with E-state index < -0.39 is 0 Å². The Labute approximate surface area is 127 Å². The molecule has 0 saturated carbocycles. The Morgan fingerprint density at radius 3 is 2.65 bits per heavy atom. The van der Waals surface area contributed by atoms with Gasteiger partial charge < -0.3 is 5.32 Å². The number of aryl methyl sites for hydroxylation is 1. The molecule has 5 heteroatoms. The molecule has 2 aromatic carbocycles. The molecule has 0 radical (unpaired) electrons. The summed E-state index contributed by atoms with van der Waals surface area (Å²) in [5.74, 6) is 0. The number of hydrogen-bond acceptors (Lipinski definition) is 2. The Balaban J connectivity index is 1.94. The van der Waals surface area contributed by atoms with Crippen molar-refractivity contribution >= 4 is 35.3 Å². The third-order valence-electron chi connectivity index (χ3n) is 2.89. The van der Waals surface area contributed by atoms with Crippen LogP contribution < -0.4 is 10.0 Å². The fourth-order valence-electron chi connectivity index (χ4n) is 1.66. The Morgan fingerprint density at radius 1 is 1.15 bits per heavy atom. The van der Waals surface area contributed by atoms with Gasteiger partial charge in [-0.05, 0) is 61.2 Å². The zero-order valence-electron chi connectivity index (χ0n) is 11.2. The lowest BCUT2D eigenvalue weighted by Crippen LogP contribution is -2.22. The fraction of sp³-hybridized carbons (Fsp3) is 0.133. The molecule has 0 atom stereocenters. The topological polar surface area (TPSA) is 41.1 Å². The predicted octanol–water partition coefficient (Wildman–Crippen LogP) is 4.79. The summed E-state index contributed by atoms with van der Waals surface area (Å²) >= 11 is 7.16. The molecule has 2 rings (SSSR count). The third kappa shape index (κ3) is 3.92. The minimum absolute atomic E-state index is 0.279. The van der Waals surface area contributed by atoms with E-state index in [4.69, 9.17) is 11.6 Å². The summed E-state index contributed by atoms with van der Waals surface area (Å²) < 4.78 is 2.76. The van der Waals surface area contributed by atoms with Crippen LogP contribution in [0.3, 0.4) is 0 Å². The second-order valence-electron chi connectivity index (χ2n) is 4.37. The van der Waals surface area contributed by atoms with E-state index in [1.807, 2.05) is 32.0 Å². The standard InChI is InChI=1S/C15H15ClN2OS/c1-10-5-3-8-14(11(10)2)20-18-15(19)17-13-7-4-6-12(16)9-13/h3-9H,1-2H3,(H2,17,18,19). The van der Waals surface area contributed by atoms with Gasteiger partial charge in [0.15, 0.2) is 0 Å². The fourth-order valence-corrected chi connectivity index (χ4v) is 2.56. The van der Waals surface area contributed by atoms with Crippen molar-refractivity contribution in [1.29, 1.82) is 0 Å². The first-order valence-corrected chi connectivity index (χ1v) is 7.31. The molecule has 0 aliphatic rings. The largest absolute Gasteiger partial charge is 0.329 e. The SMILES string of the molecule is Cc1cccc(SNC(=O)Nc2cccc(Cl)c2)c1C. The maximum absolute atomic E-state index is 11.8. The summed E-state index contributed by atoms with van der Waals surface area (Å²) in [7, 11) is 0. The summed E-state index contributed by atoms with van der Waals surface area (Å²) in [6.45, 7) is 4.08. The van der Waals surface area contributed by atoms with Crippen LogP contribution in [0.5, 0.6) is 0 Å². The quantitative estimate of drug-likeness (QED) is 0.801. The van der Waals surface area contributed by atoms with Crippen LogP contribution in [-0.4, -0.2) is 6.03 Å². The number of benzene rings is 2. The molecule has 3 nitrogen and oxygen atoms in total. The van der Waals surface area contributed by atoms with Gasteiger partial charge in [-0.2, -0.15) is 0 Å². The number of amides is 2. The summed E-state index contributed by atoms with van der Waals surface area (Å²) in [5, 5.41) is 3.32. The number of carbonyl (C=O) groups excluding carboxylic acids is 1. The molecule has 0 saturated heterocycles. The molecule has 0 bridgehead atoms. The molecule has 2 amide bonds. The summed E-state index contributed by atoms with van der Waals surface area (Å²) in [6, 6.07) is 12.8. The van der Waals surface area contributed by atoms with E-state index in [1.165, 1.54) is 23.1 Å². The number of carbonyl (C=O) groups is 1. The van der Waals surface area contributed by atoms with Gasteiger partial charge in [-0.25, -0.2) is 4.79 Å². The molecular weight excluding hydrogens is 292 g/mol. The van der Waals surface area contributed by atoms with E-state index in [-0.39, 0.29) is 6.03 Å². The van der Waals surface area contributed by atoms with Crippen molar-refractivity contribution < 1.29 is 4.79 Å². The van der Waals surface area contributed by atoms with Crippen LogP contribution >= 0.6 is 23.5 Å². The van der Waals surface area contributed by atoms with E-state index >= 15 is 0 Å². The van der Waals surface area contributed by atoms with Crippen molar-refractivity contribution in [3.63, 3.8) is 0 Å². The van der Waals surface area contributed by atoms with Crippen LogP contribution in [0.1, 0.15) is 11.1 Å². The molecule has 0 aliphatic heterocycles. The maximum Gasteiger partial charge on any atom is 0.329 e. The Bertz CT molecular complexity index is 631. The average Bonchev–Trinajstić information content (AvgIpc) is 2.40. The van der Waals surface area contributed by atoms with E-state index in [9.17, 15) is 4.79 Å². The lowest BCUT2D eigenvalue weighted by Gasteiger charge is -2.10. The first-order chi connectivity index (χ1) is 9.56. The molecule has 0 aliphatic carbocycles. The van der Waals surface area contributed by atoms with E-state index in [0.29, 0.717) is 10.7 Å². The molecule has 2 aromatic rings. The van der Waals surface area contributed by atoms with Gasteiger partial charge in [-0.15, -0.1) is 0 Å². The van der Waals surface area contributed by atoms with E-state index in [2.05, 4.69) is 10.0 Å². The monoisotopic (exact) mass is 306 g/mol. The summed E-state index contributed by atoms with van der Waals surface area (Å²) in [6.07, 6.45) is 0. The molecule has 0 unspecified atom stereocenters. The molecule has 0 spiro atoms. The van der Waals surface area contributed by atoms with Crippen molar-refractivity contribution in [2.24, 2.45) is 0 Å². The second-order valence-corrected chi connectivity index (χ2v) is 5.65. The number of anilines is 1. The van der Waals surface area contributed by atoms with Crippen molar-refractivity contribution in [1.82, 2.24) is 4.72 Å². The number of nitrogens with one attached hydrogen (secondary N) is 2. The molecular formula is C15H15ClN2OS. The summed E-state index contributed by atoms with van der Waals surface area (Å²) in [5.41, 5.74) is 3.03. The van der Waals surface area contributed by atoms with Crippen molar-refractivity contribution in [3.05, 3.63) is 58.6 Å². The van der Waals surface area contributed by atoms with Crippen LogP contribution in [-0.2, 0) is 0 Å². The van der Waals surface area contributed by atoms with Crippen LogP contribution in [0.4, 0.5) is 10.5 Å². The molecule has 0 aromatic heterocycles. The molecule has 2 N–H and O–H groups in total. The van der Waals surface area contributed by atoms with Crippen molar-refractivity contribution in [2.45, 2.75) is 18.7 Å². The highest BCUT2D eigenvalue weighted by Gasteiger charge is 2.05. The number of urea groups is 1. The Kier molecular flexibility index (Phi) is 4.93. The number of rotatable bonds is 3. The molecule has 20 heavy (non-hydrogen) atoms. The Hall–Kier alpha value is -1.65. The van der Waals surface area contributed by atoms with Crippen molar-refractivity contribution in [2.75, 3.05) is 5.32 Å². The van der Waals surface area contributed by atoms with Gasteiger partial charge in [0.2, 0.25) is 0 Å². The lowest BCUT2D eigenvalue weighted by molar-refractivity contribution is 0.257. The van der Waals surface area contributed by atoms with Gasteiger partial charge in [0.25, 0.3) is 0 Å². The van der Waals surface area contributed by atoms with Gasteiger partial charge >= 0.3 is 6.03 Å². The number of hydrogen-bond donors (Lipinski definition) is 2. The van der Waals surface area contributed by atoms with Gasteiger partial charge in [-0.3, -0.25) is 4.72 Å². The minimum Gasteiger partial charge on any atom is -0.307 e. The zero-order chi connectivity index (χ0) is 14.5. The molecule has 104 valence electrons. The summed E-state index contributed by atoms with van der Waals surface area (Å²) in [4.78, 5) is 12.8. The van der Waals surface area contributed by atoms with Crippen molar-refractivity contribution in [3.8, 4) is 0 Å². The second kappa shape index (κ2) is 6.68.